The number of rotatable bonds is 4. The second-order valence-corrected chi connectivity index (χ2v) is 3.42. The monoisotopic (exact) mass is 243 g/mol. The summed E-state index contributed by atoms with van der Waals surface area (Å²) in [4.78, 5) is 26.4. The van der Waals surface area contributed by atoms with Crippen LogP contribution in [0.15, 0.2) is 52.1 Å². The van der Waals surface area contributed by atoms with Crippen LogP contribution in [-0.4, -0.2) is 23.1 Å². The molecule has 1 aromatic carbocycles. The highest BCUT2D eigenvalue weighted by Gasteiger charge is 2.09. The van der Waals surface area contributed by atoms with Gasteiger partial charge in [-0.3, -0.25) is 9.79 Å². The maximum atomic E-state index is 11.6. The van der Waals surface area contributed by atoms with Gasteiger partial charge in [0.1, 0.15) is 0 Å². The van der Waals surface area contributed by atoms with Crippen molar-refractivity contribution in [2.24, 2.45) is 4.99 Å². The van der Waals surface area contributed by atoms with Gasteiger partial charge in [0.15, 0.2) is 5.76 Å². The number of Topliss-reactive ketones (excluding diaryl/α,β-unsaturated/α-hetero) is 1. The number of carbonyl (C=O) groups excluding carboxylic acids is 1. The molecule has 2 rings (SSSR count). The molecule has 2 aromatic rings. The number of benzene rings is 1. The van der Waals surface area contributed by atoms with Crippen LogP contribution in [0.3, 0.4) is 0 Å². The lowest BCUT2D eigenvalue weighted by Gasteiger charge is -1.98. The number of furan rings is 1. The third-order valence-corrected chi connectivity index (χ3v) is 2.22. The van der Waals surface area contributed by atoms with Crippen molar-refractivity contribution < 1.29 is 19.1 Å². The van der Waals surface area contributed by atoms with E-state index in [0.29, 0.717) is 0 Å². The normalized spacial score (nSPS) is 10.7. The molecule has 18 heavy (non-hydrogen) atoms. The molecule has 5 heteroatoms. The molecule has 1 heterocycles. The minimum atomic E-state index is -1.09. The van der Waals surface area contributed by atoms with Crippen molar-refractivity contribution in [2.75, 3.05) is 0 Å². The quantitative estimate of drug-likeness (QED) is 0.661. The minimum absolute atomic E-state index is 0.0426. The maximum absolute atomic E-state index is 11.6. The molecule has 0 spiro atoms. The van der Waals surface area contributed by atoms with Gasteiger partial charge in [0, 0.05) is 0 Å². The first-order chi connectivity index (χ1) is 8.68. The van der Waals surface area contributed by atoms with Crippen LogP contribution >= 0.6 is 0 Å². The van der Waals surface area contributed by atoms with Crippen molar-refractivity contribution in [3.8, 4) is 0 Å². The SMILES string of the molecule is O=C(C=Nc1ccccc1C(=O)O)c1ccco1. The highest BCUT2D eigenvalue weighted by Crippen LogP contribution is 2.18. The number of aromatic carboxylic acids is 1. The molecule has 0 amide bonds. The first-order valence-corrected chi connectivity index (χ1v) is 5.12. The van der Waals surface area contributed by atoms with Gasteiger partial charge in [-0.1, -0.05) is 12.1 Å². The third kappa shape index (κ3) is 2.52. The van der Waals surface area contributed by atoms with E-state index in [0.717, 1.165) is 6.21 Å². The summed E-state index contributed by atoms with van der Waals surface area (Å²) in [5.41, 5.74) is 0.269. The number of hydrogen-bond donors (Lipinski definition) is 1. The van der Waals surface area contributed by atoms with E-state index in [-0.39, 0.29) is 17.0 Å². The Bertz CT molecular complexity index is 599. The Morgan fingerprint density at radius 2 is 1.94 bits per heavy atom. The van der Waals surface area contributed by atoms with Crippen LogP contribution in [0.1, 0.15) is 20.9 Å². The molecular weight excluding hydrogens is 234 g/mol. The van der Waals surface area contributed by atoms with Gasteiger partial charge in [-0.2, -0.15) is 0 Å². The number of carboxylic acid groups (broad SMARTS) is 1. The van der Waals surface area contributed by atoms with E-state index in [1.807, 2.05) is 0 Å². The van der Waals surface area contributed by atoms with Gasteiger partial charge in [0.2, 0.25) is 5.78 Å². The van der Waals surface area contributed by atoms with Gasteiger partial charge < -0.3 is 9.52 Å². The predicted molar refractivity (Wildman–Crippen MR) is 64.6 cm³/mol. The first kappa shape index (κ1) is 11.8. The van der Waals surface area contributed by atoms with Crippen LogP contribution in [0.2, 0.25) is 0 Å². The number of carboxylic acids is 1. The number of para-hydroxylation sites is 1. The van der Waals surface area contributed by atoms with E-state index < -0.39 is 11.8 Å². The summed E-state index contributed by atoms with van der Waals surface area (Å²) in [6.07, 6.45) is 2.42. The van der Waals surface area contributed by atoms with E-state index in [4.69, 9.17) is 9.52 Å². The number of ketones is 1. The molecule has 0 aliphatic heterocycles. The van der Waals surface area contributed by atoms with Crippen LogP contribution in [0.25, 0.3) is 0 Å². The molecule has 0 fully saturated rings. The van der Waals surface area contributed by atoms with Gasteiger partial charge >= 0.3 is 5.97 Å². The highest BCUT2D eigenvalue weighted by atomic mass is 16.4. The van der Waals surface area contributed by atoms with Crippen molar-refractivity contribution in [3.63, 3.8) is 0 Å². The fourth-order valence-electron chi connectivity index (χ4n) is 1.38. The minimum Gasteiger partial charge on any atom is -0.478 e. The van der Waals surface area contributed by atoms with Crippen LogP contribution < -0.4 is 0 Å². The van der Waals surface area contributed by atoms with Crippen molar-refractivity contribution in [1.29, 1.82) is 0 Å². The Hall–Kier alpha value is -2.69. The molecule has 5 nitrogen and oxygen atoms in total. The molecule has 0 radical (unpaired) electrons. The molecule has 0 bridgehead atoms. The van der Waals surface area contributed by atoms with Crippen LogP contribution in [0.4, 0.5) is 5.69 Å². The topological polar surface area (TPSA) is 79.9 Å². The highest BCUT2D eigenvalue weighted by molar-refractivity contribution is 6.34. The summed E-state index contributed by atoms with van der Waals surface area (Å²) in [6, 6.07) is 9.29. The number of hydrogen-bond acceptors (Lipinski definition) is 4. The van der Waals surface area contributed by atoms with Crippen LogP contribution in [0.5, 0.6) is 0 Å². The zero-order chi connectivity index (χ0) is 13.0. The summed E-state index contributed by atoms with van der Waals surface area (Å²) in [7, 11) is 0. The van der Waals surface area contributed by atoms with E-state index in [2.05, 4.69) is 4.99 Å². The lowest BCUT2D eigenvalue weighted by atomic mass is 10.2. The molecule has 1 N–H and O–H groups in total. The zero-order valence-corrected chi connectivity index (χ0v) is 9.24. The van der Waals surface area contributed by atoms with Crippen molar-refractivity contribution in [3.05, 3.63) is 54.0 Å². The summed E-state index contributed by atoms with van der Waals surface area (Å²) in [5.74, 6) is -1.35. The van der Waals surface area contributed by atoms with Crippen LogP contribution in [-0.2, 0) is 0 Å². The van der Waals surface area contributed by atoms with Crippen molar-refractivity contribution >= 4 is 23.7 Å². The summed E-state index contributed by atoms with van der Waals surface area (Å²) >= 11 is 0. The van der Waals surface area contributed by atoms with Gasteiger partial charge in [0.05, 0.1) is 23.7 Å². The Morgan fingerprint density at radius 1 is 1.17 bits per heavy atom. The Morgan fingerprint density at radius 3 is 2.61 bits per heavy atom. The molecule has 0 saturated carbocycles. The second-order valence-electron chi connectivity index (χ2n) is 3.42. The average molecular weight is 243 g/mol. The third-order valence-electron chi connectivity index (χ3n) is 2.22. The predicted octanol–water partition coefficient (Wildman–Crippen LogP) is 2.56. The maximum Gasteiger partial charge on any atom is 0.337 e. The summed E-state index contributed by atoms with van der Waals surface area (Å²) in [6.45, 7) is 0. The fourth-order valence-corrected chi connectivity index (χ4v) is 1.38. The molecule has 90 valence electrons. The molecule has 0 aliphatic rings. The van der Waals surface area contributed by atoms with Crippen molar-refractivity contribution in [2.45, 2.75) is 0 Å². The Balaban J connectivity index is 2.24. The molecule has 0 unspecified atom stereocenters. The average Bonchev–Trinajstić information content (AvgIpc) is 2.90. The van der Waals surface area contributed by atoms with Gasteiger partial charge in [-0.05, 0) is 24.3 Å². The lowest BCUT2D eigenvalue weighted by Crippen LogP contribution is -1.99. The number of nitrogens with zero attached hydrogens (tertiary/aromatic N) is 1. The molecule has 0 saturated heterocycles. The van der Waals surface area contributed by atoms with Gasteiger partial charge in [0.25, 0.3) is 0 Å². The summed E-state index contributed by atoms with van der Waals surface area (Å²) in [5, 5.41) is 8.94. The Labute approximate surface area is 102 Å². The van der Waals surface area contributed by atoms with E-state index in [9.17, 15) is 9.59 Å². The number of carbonyl (C=O) groups is 2. The van der Waals surface area contributed by atoms with E-state index >= 15 is 0 Å². The second kappa shape index (κ2) is 5.09. The van der Waals surface area contributed by atoms with Crippen molar-refractivity contribution in [1.82, 2.24) is 0 Å². The van der Waals surface area contributed by atoms with Gasteiger partial charge in [-0.25, -0.2) is 4.79 Å². The van der Waals surface area contributed by atoms with Gasteiger partial charge in [-0.15, -0.1) is 0 Å². The number of aliphatic imine (C=N–C) groups is 1. The fraction of sp³-hybridized carbons (Fsp3) is 0. The van der Waals surface area contributed by atoms with E-state index in [1.165, 1.54) is 24.5 Å². The van der Waals surface area contributed by atoms with E-state index in [1.54, 1.807) is 18.2 Å². The molecule has 1 aromatic heterocycles. The molecular formula is C13H9NO4. The lowest BCUT2D eigenvalue weighted by molar-refractivity contribution is 0.0697. The zero-order valence-electron chi connectivity index (χ0n) is 9.24. The van der Waals surface area contributed by atoms with Crippen LogP contribution in [0, 0.1) is 0 Å². The smallest absolute Gasteiger partial charge is 0.337 e. The summed E-state index contributed by atoms with van der Waals surface area (Å²) < 4.78 is 4.90. The Kier molecular flexibility index (Phi) is 3.33. The largest absolute Gasteiger partial charge is 0.478 e. The molecule has 0 atom stereocenters. The molecule has 0 aliphatic carbocycles. The standard InChI is InChI=1S/C13H9NO4/c15-11(12-6-3-7-18-12)8-14-10-5-2-1-4-9(10)13(16)17/h1-8H,(H,16,17). The first-order valence-electron chi connectivity index (χ1n) is 5.12.